The van der Waals surface area contributed by atoms with Crippen molar-refractivity contribution in [1.29, 1.82) is 0 Å². The summed E-state index contributed by atoms with van der Waals surface area (Å²) < 4.78 is 3.45. The molecule has 14 heavy (non-hydrogen) atoms. The van der Waals surface area contributed by atoms with Crippen molar-refractivity contribution in [2.75, 3.05) is 0 Å². The second kappa shape index (κ2) is 2.99. The fourth-order valence-corrected chi connectivity index (χ4v) is 1.19. The molecule has 0 radical (unpaired) electrons. The fourth-order valence-electron chi connectivity index (χ4n) is 1.19. The summed E-state index contributed by atoms with van der Waals surface area (Å²) in [4.78, 5) is 26.6. The predicted octanol–water partition coefficient (Wildman–Crippen LogP) is -1.32. The van der Waals surface area contributed by atoms with Crippen LogP contribution in [0.15, 0.2) is 34.4 Å². The number of nitrogens with zero attached hydrogens (tertiary/aromatic N) is 2. The number of aryl methyl sites for hydroxylation is 1. The topological polar surface area (TPSA) is 74.5 Å². The molecule has 0 saturated heterocycles. The van der Waals surface area contributed by atoms with E-state index >= 15 is 0 Å². The first-order valence-electron chi connectivity index (χ1n) is 4.02. The van der Waals surface area contributed by atoms with Crippen molar-refractivity contribution in [3.05, 3.63) is 45.6 Å². The van der Waals surface area contributed by atoms with Crippen LogP contribution in [0.5, 0.6) is 0 Å². The minimum Gasteiger partial charge on any atom is -0.274 e. The van der Waals surface area contributed by atoms with Gasteiger partial charge in [-0.2, -0.15) is 4.57 Å². The maximum Gasteiger partial charge on any atom is 0.328 e. The third-order valence-electron chi connectivity index (χ3n) is 1.79. The monoisotopic (exact) mass is 193 g/mol. The zero-order valence-corrected chi connectivity index (χ0v) is 7.52. The van der Waals surface area contributed by atoms with Gasteiger partial charge in [0.15, 0.2) is 0 Å². The summed E-state index contributed by atoms with van der Waals surface area (Å²) in [6.07, 6.45) is 5.29. The van der Waals surface area contributed by atoms with Gasteiger partial charge in [0.1, 0.15) is 12.4 Å². The van der Waals surface area contributed by atoms with E-state index in [0.717, 1.165) is 0 Å². The van der Waals surface area contributed by atoms with Crippen molar-refractivity contribution in [2.45, 2.75) is 0 Å². The Hall–Kier alpha value is -2.11. The third kappa shape index (κ3) is 1.49. The number of H-pyrrole nitrogens is 2. The largest absolute Gasteiger partial charge is 0.328 e. The summed E-state index contributed by atoms with van der Waals surface area (Å²) in [5.74, 6) is 0.444. The van der Waals surface area contributed by atoms with Gasteiger partial charge < -0.3 is 0 Å². The molecule has 0 amide bonds. The van der Waals surface area contributed by atoms with Crippen LogP contribution in [-0.4, -0.2) is 14.5 Å². The van der Waals surface area contributed by atoms with E-state index in [9.17, 15) is 9.59 Å². The van der Waals surface area contributed by atoms with Gasteiger partial charge in [-0.1, -0.05) is 0 Å². The normalized spacial score (nSPS) is 10.4. The molecule has 0 saturated carbocycles. The highest BCUT2D eigenvalue weighted by atomic mass is 16.2. The summed E-state index contributed by atoms with van der Waals surface area (Å²) in [7, 11) is 1.85. The molecular weight excluding hydrogens is 184 g/mol. The van der Waals surface area contributed by atoms with E-state index in [4.69, 9.17) is 0 Å². The van der Waals surface area contributed by atoms with Crippen molar-refractivity contribution in [2.24, 2.45) is 7.05 Å². The molecule has 2 aromatic rings. The zero-order valence-electron chi connectivity index (χ0n) is 7.52. The zero-order chi connectivity index (χ0) is 10.1. The summed E-state index contributed by atoms with van der Waals surface area (Å²) in [5.41, 5.74) is -0.927. The average Bonchev–Trinajstić information content (AvgIpc) is 2.50. The number of aromatic amines is 2. The number of nitrogens with one attached hydrogen (secondary N) is 2. The first-order chi connectivity index (χ1) is 6.65. The van der Waals surface area contributed by atoms with Crippen LogP contribution in [0.1, 0.15) is 0 Å². The summed E-state index contributed by atoms with van der Waals surface area (Å²) in [6, 6.07) is 1.32. The Labute approximate surface area is 78.5 Å². The Balaban J connectivity index is 2.62. The lowest BCUT2D eigenvalue weighted by Gasteiger charge is -1.92. The second-order valence-electron chi connectivity index (χ2n) is 2.96. The SMILES string of the molecule is C[n+]1ccn(-c2cc(=O)[nH]c(=O)[nH]2)c1. The highest BCUT2D eigenvalue weighted by Crippen LogP contribution is 1.94. The number of imidazole rings is 1. The van der Waals surface area contributed by atoms with Gasteiger partial charge in [-0.25, -0.2) is 9.36 Å². The van der Waals surface area contributed by atoms with Crippen LogP contribution in [0.3, 0.4) is 0 Å². The summed E-state index contributed by atoms with van der Waals surface area (Å²) in [5, 5.41) is 0. The van der Waals surface area contributed by atoms with Gasteiger partial charge in [0.05, 0.1) is 13.1 Å². The Bertz CT molecular complexity index is 535. The second-order valence-corrected chi connectivity index (χ2v) is 2.96. The lowest BCUT2D eigenvalue weighted by Crippen LogP contribution is -2.25. The lowest BCUT2D eigenvalue weighted by atomic mass is 10.5. The van der Waals surface area contributed by atoms with Crippen LogP contribution in [0.25, 0.3) is 5.82 Å². The van der Waals surface area contributed by atoms with Crippen LogP contribution in [-0.2, 0) is 7.05 Å². The Kier molecular flexibility index (Phi) is 1.81. The van der Waals surface area contributed by atoms with Crippen LogP contribution in [0.2, 0.25) is 0 Å². The van der Waals surface area contributed by atoms with E-state index in [2.05, 4.69) is 9.97 Å². The van der Waals surface area contributed by atoms with E-state index in [1.54, 1.807) is 27.9 Å². The quantitative estimate of drug-likeness (QED) is 0.551. The van der Waals surface area contributed by atoms with Crippen LogP contribution in [0.4, 0.5) is 0 Å². The van der Waals surface area contributed by atoms with Gasteiger partial charge in [0, 0.05) is 0 Å². The van der Waals surface area contributed by atoms with Crippen molar-refractivity contribution < 1.29 is 4.57 Å². The fraction of sp³-hybridized carbons (Fsp3) is 0.125. The third-order valence-corrected chi connectivity index (χ3v) is 1.79. The van der Waals surface area contributed by atoms with Crippen LogP contribution in [0, 0.1) is 0 Å². The van der Waals surface area contributed by atoms with Crippen molar-refractivity contribution in [3.8, 4) is 5.82 Å². The maximum atomic E-state index is 11.0. The van der Waals surface area contributed by atoms with Gasteiger partial charge in [0.2, 0.25) is 12.1 Å². The Morgan fingerprint density at radius 1 is 1.36 bits per heavy atom. The summed E-state index contributed by atoms with van der Waals surface area (Å²) in [6.45, 7) is 0. The van der Waals surface area contributed by atoms with Crippen molar-refractivity contribution in [3.63, 3.8) is 0 Å². The standard InChI is InChI=1S/C8H8N4O2/c1-11-2-3-12(5-11)6-4-7(13)10-8(14)9-6/h2-5H,1H3,(H-,9,10,13,14)/p+1. The molecule has 0 fully saturated rings. The molecular formula is C8H9N4O2+. The lowest BCUT2D eigenvalue weighted by molar-refractivity contribution is -0.670. The molecule has 0 aliphatic carbocycles. The molecule has 2 N–H and O–H groups in total. The molecule has 2 rings (SSSR count). The Morgan fingerprint density at radius 2 is 2.14 bits per heavy atom. The molecule has 2 aromatic heterocycles. The van der Waals surface area contributed by atoms with E-state index < -0.39 is 11.2 Å². The van der Waals surface area contributed by atoms with Crippen LogP contribution < -0.4 is 15.8 Å². The number of aromatic nitrogens is 4. The van der Waals surface area contributed by atoms with E-state index in [-0.39, 0.29) is 0 Å². The number of hydrogen-bond acceptors (Lipinski definition) is 2. The average molecular weight is 193 g/mol. The van der Waals surface area contributed by atoms with Gasteiger partial charge in [-0.3, -0.25) is 14.8 Å². The molecule has 0 unspecified atom stereocenters. The first-order valence-corrected chi connectivity index (χ1v) is 4.02. The summed E-state index contributed by atoms with van der Waals surface area (Å²) >= 11 is 0. The van der Waals surface area contributed by atoms with Gasteiger partial charge in [-0.05, 0) is 0 Å². The van der Waals surface area contributed by atoms with E-state index in [1.807, 2.05) is 7.05 Å². The minimum absolute atomic E-state index is 0.417. The van der Waals surface area contributed by atoms with Gasteiger partial charge in [0.25, 0.3) is 5.56 Å². The van der Waals surface area contributed by atoms with Crippen molar-refractivity contribution >= 4 is 0 Å². The molecule has 0 aromatic carbocycles. The van der Waals surface area contributed by atoms with Crippen LogP contribution >= 0.6 is 0 Å². The highest BCUT2D eigenvalue weighted by Gasteiger charge is 2.05. The molecule has 72 valence electrons. The molecule has 6 nitrogen and oxygen atoms in total. The smallest absolute Gasteiger partial charge is 0.274 e. The molecule has 2 heterocycles. The predicted molar refractivity (Wildman–Crippen MR) is 48.2 cm³/mol. The molecule has 6 heteroatoms. The first kappa shape index (κ1) is 8.49. The molecule has 0 aliphatic heterocycles. The number of hydrogen-bond donors (Lipinski definition) is 2. The van der Waals surface area contributed by atoms with E-state index in [1.165, 1.54) is 6.07 Å². The van der Waals surface area contributed by atoms with E-state index in [0.29, 0.717) is 5.82 Å². The molecule has 0 atom stereocenters. The maximum absolute atomic E-state index is 11.0. The molecule has 0 spiro atoms. The molecule has 0 aliphatic rings. The minimum atomic E-state index is -0.510. The highest BCUT2D eigenvalue weighted by molar-refractivity contribution is 5.17. The number of rotatable bonds is 1. The Morgan fingerprint density at radius 3 is 2.71 bits per heavy atom. The van der Waals surface area contributed by atoms with Gasteiger partial charge >= 0.3 is 5.69 Å². The molecule has 0 bridgehead atoms. The van der Waals surface area contributed by atoms with Gasteiger partial charge in [-0.15, -0.1) is 0 Å². The van der Waals surface area contributed by atoms with Crippen molar-refractivity contribution in [1.82, 2.24) is 14.5 Å².